The standard InChI is InChI=1S/C17H23NO4S/c1-2-16(17(19)18-14-8-9-23(20,21)11-14)22-15-7-6-12-4-3-5-13(12)10-15/h6-7,10,14,16H,2-5,8-9,11H2,1H3,(H,18,19)/t14-,16-/m0/s1. The van der Waals surface area contributed by atoms with Gasteiger partial charge in [0.25, 0.3) is 5.91 Å². The largest absolute Gasteiger partial charge is 0.481 e. The highest BCUT2D eigenvalue weighted by molar-refractivity contribution is 7.91. The van der Waals surface area contributed by atoms with Crippen LogP contribution in [-0.4, -0.2) is 38.0 Å². The lowest BCUT2D eigenvalue weighted by molar-refractivity contribution is -0.128. The van der Waals surface area contributed by atoms with Crippen LogP contribution in [0.3, 0.4) is 0 Å². The summed E-state index contributed by atoms with van der Waals surface area (Å²) in [7, 11) is -2.99. The molecule has 0 aromatic heterocycles. The van der Waals surface area contributed by atoms with E-state index in [0.717, 1.165) is 12.8 Å². The van der Waals surface area contributed by atoms with Gasteiger partial charge in [-0.25, -0.2) is 8.42 Å². The molecule has 1 aliphatic heterocycles. The van der Waals surface area contributed by atoms with Crippen molar-refractivity contribution in [3.05, 3.63) is 29.3 Å². The van der Waals surface area contributed by atoms with E-state index in [9.17, 15) is 13.2 Å². The SMILES string of the molecule is CC[C@H](Oc1ccc2c(c1)CCC2)C(=O)N[C@H]1CCS(=O)(=O)C1. The number of amides is 1. The van der Waals surface area contributed by atoms with E-state index in [2.05, 4.69) is 11.4 Å². The fraction of sp³-hybridized carbons (Fsp3) is 0.588. The number of nitrogens with one attached hydrogen (secondary N) is 1. The molecule has 2 aliphatic rings. The first kappa shape index (κ1) is 16.3. The van der Waals surface area contributed by atoms with Gasteiger partial charge >= 0.3 is 0 Å². The van der Waals surface area contributed by atoms with Crippen molar-refractivity contribution in [2.45, 2.75) is 51.2 Å². The second kappa shape index (κ2) is 6.51. The van der Waals surface area contributed by atoms with E-state index in [1.54, 1.807) is 0 Å². The van der Waals surface area contributed by atoms with E-state index < -0.39 is 15.9 Å². The average molecular weight is 337 g/mol. The molecule has 1 heterocycles. The van der Waals surface area contributed by atoms with E-state index in [-0.39, 0.29) is 23.5 Å². The Bertz CT molecular complexity index is 699. The predicted octanol–water partition coefficient (Wildman–Crippen LogP) is 1.64. The molecule has 5 nitrogen and oxygen atoms in total. The molecular formula is C17H23NO4S. The van der Waals surface area contributed by atoms with Crippen LogP contribution in [0.15, 0.2) is 18.2 Å². The van der Waals surface area contributed by atoms with Gasteiger partial charge in [-0.3, -0.25) is 4.79 Å². The fourth-order valence-electron chi connectivity index (χ4n) is 3.31. The quantitative estimate of drug-likeness (QED) is 0.886. The Balaban J connectivity index is 1.62. The zero-order valence-corrected chi connectivity index (χ0v) is 14.2. The molecule has 2 atom stereocenters. The number of hydrogen-bond acceptors (Lipinski definition) is 4. The lowest BCUT2D eigenvalue weighted by Gasteiger charge is -2.20. The summed E-state index contributed by atoms with van der Waals surface area (Å²) in [6.45, 7) is 1.89. The Morgan fingerprint density at radius 3 is 2.83 bits per heavy atom. The zero-order valence-electron chi connectivity index (χ0n) is 13.4. The van der Waals surface area contributed by atoms with Crippen LogP contribution in [0.1, 0.15) is 37.3 Å². The molecule has 1 fully saturated rings. The van der Waals surface area contributed by atoms with Gasteiger partial charge in [-0.15, -0.1) is 0 Å². The van der Waals surface area contributed by atoms with Crippen molar-refractivity contribution >= 4 is 15.7 Å². The van der Waals surface area contributed by atoms with Crippen LogP contribution in [0.25, 0.3) is 0 Å². The Kier molecular flexibility index (Phi) is 4.62. The Labute approximate surface area is 137 Å². The molecule has 0 unspecified atom stereocenters. The third kappa shape index (κ3) is 3.86. The van der Waals surface area contributed by atoms with Gasteiger partial charge in [0.05, 0.1) is 11.5 Å². The third-order valence-electron chi connectivity index (χ3n) is 4.59. The topological polar surface area (TPSA) is 72.5 Å². The summed E-state index contributed by atoms with van der Waals surface area (Å²) < 4.78 is 28.8. The van der Waals surface area contributed by atoms with Crippen LogP contribution >= 0.6 is 0 Å². The third-order valence-corrected chi connectivity index (χ3v) is 6.36. The molecule has 0 spiro atoms. The van der Waals surface area contributed by atoms with Crippen molar-refractivity contribution in [2.24, 2.45) is 0 Å². The number of fused-ring (bicyclic) bond motifs is 1. The number of carbonyl (C=O) groups excluding carboxylic acids is 1. The fourth-order valence-corrected chi connectivity index (χ4v) is 4.98. The summed E-state index contributed by atoms with van der Waals surface area (Å²) in [5.74, 6) is 0.677. The predicted molar refractivity (Wildman–Crippen MR) is 88.4 cm³/mol. The van der Waals surface area contributed by atoms with E-state index in [4.69, 9.17) is 4.74 Å². The van der Waals surface area contributed by atoms with Gasteiger partial charge in [0.2, 0.25) is 0 Å². The van der Waals surface area contributed by atoms with Crippen molar-refractivity contribution in [1.29, 1.82) is 0 Å². The highest BCUT2D eigenvalue weighted by Crippen LogP contribution is 2.26. The maximum Gasteiger partial charge on any atom is 0.261 e. The van der Waals surface area contributed by atoms with Gasteiger partial charge in [-0.2, -0.15) is 0 Å². The zero-order chi connectivity index (χ0) is 16.4. The molecule has 1 aromatic rings. The summed E-state index contributed by atoms with van der Waals surface area (Å²) in [4.78, 5) is 12.3. The van der Waals surface area contributed by atoms with Gasteiger partial charge in [0, 0.05) is 6.04 Å². The summed E-state index contributed by atoms with van der Waals surface area (Å²) in [6.07, 6.45) is 3.80. The Morgan fingerprint density at radius 2 is 2.13 bits per heavy atom. The van der Waals surface area contributed by atoms with E-state index in [0.29, 0.717) is 18.6 Å². The molecule has 1 amide bonds. The number of hydrogen-bond donors (Lipinski definition) is 1. The summed E-state index contributed by atoms with van der Waals surface area (Å²) in [5, 5.41) is 2.81. The second-order valence-electron chi connectivity index (χ2n) is 6.41. The molecule has 0 saturated carbocycles. The van der Waals surface area contributed by atoms with Gasteiger partial charge in [0.1, 0.15) is 5.75 Å². The summed E-state index contributed by atoms with van der Waals surface area (Å²) in [6, 6.07) is 5.73. The van der Waals surface area contributed by atoms with Gasteiger partial charge in [0.15, 0.2) is 15.9 Å². The van der Waals surface area contributed by atoms with Crippen molar-refractivity contribution in [2.75, 3.05) is 11.5 Å². The molecule has 0 radical (unpaired) electrons. The minimum absolute atomic E-state index is 0.0357. The minimum Gasteiger partial charge on any atom is -0.481 e. The highest BCUT2D eigenvalue weighted by Gasteiger charge is 2.31. The van der Waals surface area contributed by atoms with Crippen molar-refractivity contribution in [1.82, 2.24) is 5.32 Å². The number of ether oxygens (including phenoxy) is 1. The molecule has 1 N–H and O–H groups in total. The minimum atomic E-state index is -2.99. The number of aryl methyl sites for hydroxylation is 2. The maximum atomic E-state index is 12.3. The molecule has 1 aliphatic carbocycles. The van der Waals surface area contributed by atoms with Crippen molar-refractivity contribution in [3.8, 4) is 5.75 Å². The number of carbonyl (C=O) groups is 1. The van der Waals surface area contributed by atoms with Gasteiger partial charge in [-0.1, -0.05) is 13.0 Å². The van der Waals surface area contributed by atoms with Crippen LogP contribution in [0.5, 0.6) is 5.75 Å². The summed E-state index contributed by atoms with van der Waals surface area (Å²) >= 11 is 0. The Morgan fingerprint density at radius 1 is 1.35 bits per heavy atom. The van der Waals surface area contributed by atoms with Crippen LogP contribution in [0, 0.1) is 0 Å². The maximum absolute atomic E-state index is 12.3. The molecule has 23 heavy (non-hydrogen) atoms. The van der Waals surface area contributed by atoms with Crippen LogP contribution in [0.2, 0.25) is 0 Å². The van der Waals surface area contributed by atoms with Crippen molar-refractivity contribution in [3.63, 3.8) is 0 Å². The average Bonchev–Trinajstić information content (AvgIpc) is 3.10. The van der Waals surface area contributed by atoms with Gasteiger partial charge in [-0.05, 0) is 55.4 Å². The van der Waals surface area contributed by atoms with E-state index in [1.165, 1.54) is 17.5 Å². The normalized spacial score (nSPS) is 23.3. The molecular weight excluding hydrogens is 314 g/mol. The summed E-state index contributed by atoms with van der Waals surface area (Å²) in [5.41, 5.74) is 2.67. The first-order chi connectivity index (χ1) is 11.0. The van der Waals surface area contributed by atoms with Crippen LogP contribution < -0.4 is 10.1 Å². The lowest BCUT2D eigenvalue weighted by atomic mass is 10.1. The molecule has 6 heteroatoms. The first-order valence-electron chi connectivity index (χ1n) is 8.26. The smallest absolute Gasteiger partial charge is 0.261 e. The van der Waals surface area contributed by atoms with Crippen LogP contribution in [-0.2, 0) is 27.5 Å². The number of sulfone groups is 1. The van der Waals surface area contributed by atoms with E-state index in [1.807, 2.05) is 19.1 Å². The number of benzene rings is 1. The van der Waals surface area contributed by atoms with E-state index >= 15 is 0 Å². The highest BCUT2D eigenvalue weighted by atomic mass is 32.2. The molecule has 0 bridgehead atoms. The number of rotatable bonds is 5. The molecule has 1 saturated heterocycles. The van der Waals surface area contributed by atoms with Gasteiger partial charge < -0.3 is 10.1 Å². The van der Waals surface area contributed by atoms with Crippen molar-refractivity contribution < 1.29 is 17.9 Å². The lowest BCUT2D eigenvalue weighted by Crippen LogP contribution is -2.44. The molecule has 1 aromatic carbocycles. The Hall–Kier alpha value is -1.56. The van der Waals surface area contributed by atoms with Crippen LogP contribution in [0.4, 0.5) is 0 Å². The first-order valence-corrected chi connectivity index (χ1v) is 10.1. The second-order valence-corrected chi connectivity index (χ2v) is 8.64. The monoisotopic (exact) mass is 337 g/mol. The molecule has 3 rings (SSSR count). The molecule has 126 valence electrons.